The summed E-state index contributed by atoms with van der Waals surface area (Å²) in [5.74, 6) is 0.0685. The van der Waals surface area contributed by atoms with Gasteiger partial charge in [-0.05, 0) is 30.9 Å². The van der Waals surface area contributed by atoms with E-state index in [4.69, 9.17) is 4.74 Å². The van der Waals surface area contributed by atoms with Crippen molar-refractivity contribution in [3.8, 4) is 0 Å². The highest BCUT2D eigenvalue weighted by molar-refractivity contribution is 5.90. The van der Waals surface area contributed by atoms with Gasteiger partial charge in [-0.3, -0.25) is 4.79 Å². The van der Waals surface area contributed by atoms with Crippen LogP contribution >= 0.6 is 0 Å². The molecule has 3 rings (SSSR count). The molecule has 1 aromatic heterocycles. The lowest BCUT2D eigenvalue weighted by Gasteiger charge is -2.43. The molecule has 1 atom stereocenters. The molecule has 0 bridgehead atoms. The summed E-state index contributed by atoms with van der Waals surface area (Å²) in [4.78, 5) is 15.7. The topological polar surface area (TPSA) is 73.1 Å². The first-order valence-electron chi connectivity index (χ1n) is 6.35. The molecular formula is C11H17N5O2. The third kappa shape index (κ3) is 1.78. The maximum Gasteiger partial charge on any atom is 0.296 e. The van der Waals surface area contributed by atoms with Crippen LogP contribution in [0.5, 0.6) is 0 Å². The van der Waals surface area contributed by atoms with E-state index in [1.165, 1.54) is 4.80 Å². The molecule has 0 saturated carbocycles. The zero-order valence-electron chi connectivity index (χ0n) is 10.5. The summed E-state index contributed by atoms with van der Waals surface area (Å²) >= 11 is 0. The number of aromatic nitrogens is 4. The average molecular weight is 251 g/mol. The first-order chi connectivity index (χ1) is 8.71. The van der Waals surface area contributed by atoms with Crippen LogP contribution in [0.25, 0.3) is 0 Å². The first-order valence-corrected chi connectivity index (χ1v) is 6.35. The second-order valence-electron chi connectivity index (χ2n) is 5.04. The lowest BCUT2D eigenvalue weighted by molar-refractivity contribution is 0.0245. The number of piperidine rings is 1. The van der Waals surface area contributed by atoms with Gasteiger partial charge in [-0.25, -0.2) is 0 Å². The third-order valence-electron chi connectivity index (χ3n) is 3.87. The normalized spacial score (nSPS) is 27.9. The van der Waals surface area contributed by atoms with Crippen LogP contribution in [0.4, 0.5) is 0 Å². The standard InChI is InChI=1S/C11H17N5O2/c1-15-13-9(12-14-15)10(17)16-6-3-2-4-11(16)5-7-18-8-11/h2-8H2,1H3. The van der Waals surface area contributed by atoms with E-state index in [1.807, 2.05) is 4.90 Å². The molecule has 3 heterocycles. The van der Waals surface area contributed by atoms with Gasteiger partial charge < -0.3 is 9.64 Å². The lowest BCUT2D eigenvalue weighted by Crippen LogP contribution is -2.55. The minimum atomic E-state index is -0.130. The van der Waals surface area contributed by atoms with Crippen LogP contribution < -0.4 is 0 Å². The van der Waals surface area contributed by atoms with E-state index in [2.05, 4.69) is 15.4 Å². The maximum absolute atomic E-state index is 12.5. The Labute approximate surface area is 105 Å². The molecule has 0 N–H and O–H groups in total. The Morgan fingerprint density at radius 1 is 1.39 bits per heavy atom. The van der Waals surface area contributed by atoms with Crippen LogP contribution in [-0.2, 0) is 11.8 Å². The van der Waals surface area contributed by atoms with Crippen LogP contribution in [0.15, 0.2) is 0 Å². The van der Waals surface area contributed by atoms with E-state index in [1.54, 1.807) is 7.05 Å². The number of hydrogen-bond donors (Lipinski definition) is 0. The van der Waals surface area contributed by atoms with Crippen LogP contribution in [0, 0.1) is 0 Å². The Bertz CT molecular complexity index is 452. The quantitative estimate of drug-likeness (QED) is 0.702. The number of amides is 1. The zero-order valence-corrected chi connectivity index (χ0v) is 10.5. The van der Waals surface area contributed by atoms with Crippen molar-refractivity contribution >= 4 is 5.91 Å². The van der Waals surface area contributed by atoms with E-state index >= 15 is 0 Å². The molecule has 7 nitrogen and oxygen atoms in total. The molecule has 18 heavy (non-hydrogen) atoms. The molecule has 0 aliphatic carbocycles. The number of rotatable bonds is 1. The van der Waals surface area contributed by atoms with Crippen molar-refractivity contribution in [2.75, 3.05) is 19.8 Å². The number of nitrogens with zero attached hydrogens (tertiary/aromatic N) is 5. The summed E-state index contributed by atoms with van der Waals surface area (Å²) < 4.78 is 5.50. The second kappa shape index (κ2) is 4.31. The first kappa shape index (κ1) is 11.6. The summed E-state index contributed by atoms with van der Waals surface area (Å²) in [6.07, 6.45) is 4.12. The van der Waals surface area contributed by atoms with Crippen LogP contribution in [-0.4, -0.2) is 56.3 Å². The average Bonchev–Trinajstić information content (AvgIpc) is 2.99. The lowest BCUT2D eigenvalue weighted by atomic mass is 9.86. The van der Waals surface area contributed by atoms with E-state index in [0.717, 1.165) is 38.8 Å². The van der Waals surface area contributed by atoms with Gasteiger partial charge in [0, 0.05) is 13.2 Å². The van der Waals surface area contributed by atoms with Crippen LogP contribution in [0.2, 0.25) is 0 Å². The number of aryl methyl sites for hydroxylation is 1. The van der Waals surface area contributed by atoms with Crippen molar-refractivity contribution in [2.24, 2.45) is 7.05 Å². The van der Waals surface area contributed by atoms with Gasteiger partial charge in [-0.15, -0.1) is 10.2 Å². The molecule has 2 saturated heterocycles. The fourth-order valence-corrected chi connectivity index (χ4v) is 2.91. The second-order valence-corrected chi connectivity index (χ2v) is 5.04. The van der Waals surface area contributed by atoms with E-state index in [0.29, 0.717) is 6.61 Å². The number of hydrogen-bond acceptors (Lipinski definition) is 5. The van der Waals surface area contributed by atoms with Gasteiger partial charge in [-0.1, -0.05) is 0 Å². The molecule has 1 unspecified atom stereocenters. The molecule has 2 aliphatic rings. The van der Waals surface area contributed by atoms with Gasteiger partial charge in [0.25, 0.3) is 11.7 Å². The van der Waals surface area contributed by atoms with Crippen LogP contribution in [0.1, 0.15) is 36.3 Å². The van der Waals surface area contributed by atoms with Gasteiger partial charge in [-0.2, -0.15) is 4.80 Å². The minimum absolute atomic E-state index is 0.117. The summed E-state index contributed by atoms with van der Waals surface area (Å²) in [6.45, 7) is 2.14. The number of tetrazole rings is 1. The highest BCUT2D eigenvalue weighted by Crippen LogP contribution is 2.35. The monoisotopic (exact) mass is 251 g/mol. The molecule has 7 heteroatoms. The van der Waals surface area contributed by atoms with Crippen molar-refractivity contribution in [1.29, 1.82) is 0 Å². The number of carbonyl (C=O) groups is 1. The summed E-state index contributed by atoms with van der Waals surface area (Å²) in [7, 11) is 1.66. The maximum atomic E-state index is 12.5. The van der Waals surface area contributed by atoms with Crippen molar-refractivity contribution in [3.05, 3.63) is 5.82 Å². The summed E-state index contributed by atoms with van der Waals surface area (Å²) in [6, 6.07) is 0. The summed E-state index contributed by atoms with van der Waals surface area (Å²) in [5, 5.41) is 11.5. The van der Waals surface area contributed by atoms with Gasteiger partial charge in [0.05, 0.1) is 19.2 Å². The predicted molar refractivity (Wildman–Crippen MR) is 61.9 cm³/mol. The Balaban J connectivity index is 1.86. The highest BCUT2D eigenvalue weighted by atomic mass is 16.5. The molecule has 98 valence electrons. The van der Waals surface area contributed by atoms with E-state index in [-0.39, 0.29) is 17.3 Å². The fraction of sp³-hybridized carbons (Fsp3) is 0.818. The largest absolute Gasteiger partial charge is 0.379 e. The number of likely N-dealkylation sites (tertiary alicyclic amines) is 1. The van der Waals surface area contributed by atoms with Crippen molar-refractivity contribution in [2.45, 2.75) is 31.2 Å². The zero-order chi connectivity index (χ0) is 12.6. The number of carbonyl (C=O) groups excluding carboxylic acids is 1. The molecule has 1 spiro atoms. The smallest absolute Gasteiger partial charge is 0.296 e. The Hall–Kier alpha value is -1.50. The molecule has 0 aromatic carbocycles. The molecule has 1 amide bonds. The molecular weight excluding hydrogens is 234 g/mol. The van der Waals surface area contributed by atoms with Crippen LogP contribution in [0.3, 0.4) is 0 Å². The molecule has 2 aliphatic heterocycles. The van der Waals surface area contributed by atoms with Gasteiger partial charge in [0.1, 0.15) is 0 Å². The van der Waals surface area contributed by atoms with Crippen molar-refractivity contribution in [3.63, 3.8) is 0 Å². The fourth-order valence-electron chi connectivity index (χ4n) is 2.91. The predicted octanol–water partition coefficient (Wildman–Crippen LogP) is -0.00470. The van der Waals surface area contributed by atoms with Crippen molar-refractivity contribution < 1.29 is 9.53 Å². The Kier molecular flexibility index (Phi) is 2.77. The Morgan fingerprint density at radius 2 is 2.28 bits per heavy atom. The minimum Gasteiger partial charge on any atom is -0.379 e. The molecule has 2 fully saturated rings. The van der Waals surface area contributed by atoms with Gasteiger partial charge in [0.15, 0.2) is 0 Å². The molecule has 0 radical (unpaired) electrons. The van der Waals surface area contributed by atoms with Crippen molar-refractivity contribution in [1.82, 2.24) is 25.1 Å². The highest BCUT2D eigenvalue weighted by Gasteiger charge is 2.45. The van der Waals surface area contributed by atoms with E-state index in [9.17, 15) is 4.79 Å². The van der Waals surface area contributed by atoms with E-state index < -0.39 is 0 Å². The molecule has 1 aromatic rings. The third-order valence-corrected chi connectivity index (χ3v) is 3.87. The van der Waals surface area contributed by atoms with Gasteiger partial charge >= 0.3 is 0 Å². The SMILES string of the molecule is Cn1nnc(C(=O)N2CCCCC23CCOC3)n1. The van der Waals surface area contributed by atoms with Gasteiger partial charge in [0.2, 0.25) is 0 Å². The Morgan fingerprint density at radius 3 is 2.94 bits per heavy atom. The summed E-state index contributed by atoms with van der Waals surface area (Å²) in [5.41, 5.74) is -0.130. The number of ether oxygens (including phenoxy) is 1.